The third-order valence-electron chi connectivity index (χ3n) is 6.80. The van der Waals surface area contributed by atoms with Gasteiger partial charge < -0.3 is 14.8 Å². The molecule has 2 saturated carbocycles. The molecule has 11 heteroatoms. The molecule has 36 heavy (non-hydrogen) atoms. The molecule has 4 rings (SSSR count). The summed E-state index contributed by atoms with van der Waals surface area (Å²) in [6, 6.07) is 6.09. The molecule has 1 amide bonds. The molecule has 2 aliphatic carbocycles. The Hall–Kier alpha value is -3.10. The summed E-state index contributed by atoms with van der Waals surface area (Å²) in [7, 11) is -1.71. The summed E-state index contributed by atoms with van der Waals surface area (Å²) >= 11 is 0. The Morgan fingerprint density at radius 2 is 1.86 bits per heavy atom. The molecular formula is C25H25F3N2O5S. The summed E-state index contributed by atoms with van der Waals surface area (Å²) in [4.78, 5) is 16.0. The van der Waals surface area contributed by atoms with Gasteiger partial charge in [-0.1, -0.05) is 12.0 Å². The van der Waals surface area contributed by atoms with E-state index in [1.807, 2.05) is 0 Å². The van der Waals surface area contributed by atoms with Crippen LogP contribution in [0.25, 0.3) is 11.1 Å². The van der Waals surface area contributed by atoms with Gasteiger partial charge in [0.2, 0.25) is 11.8 Å². The van der Waals surface area contributed by atoms with Gasteiger partial charge in [-0.05, 0) is 49.4 Å². The highest BCUT2D eigenvalue weighted by Crippen LogP contribution is 2.43. The van der Waals surface area contributed by atoms with Crippen LogP contribution in [0.3, 0.4) is 0 Å². The van der Waals surface area contributed by atoms with Crippen LogP contribution in [0.1, 0.15) is 31.2 Å². The zero-order chi connectivity index (χ0) is 26.3. The Labute approximate surface area is 207 Å². The van der Waals surface area contributed by atoms with Gasteiger partial charge in [-0.15, -0.1) is 6.42 Å². The maximum absolute atomic E-state index is 14.1. The number of pyridine rings is 1. The monoisotopic (exact) mass is 522 g/mol. The number of methoxy groups -OCH3 is 2. The topological polar surface area (TPSA) is 94.6 Å². The van der Waals surface area contributed by atoms with E-state index < -0.39 is 55.2 Å². The second-order valence-electron chi connectivity index (χ2n) is 9.03. The highest BCUT2D eigenvalue weighted by Gasteiger charge is 2.50. The molecule has 2 aromatic rings. The highest BCUT2D eigenvalue weighted by atomic mass is 32.2. The molecule has 0 spiro atoms. The Kier molecular flexibility index (Phi) is 6.79. The third kappa shape index (κ3) is 4.92. The summed E-state index contributed by atoms with van der Waals surface area (Å²) < 4.78 is 79.4. The van der Waals surface area contributed by atoms with E-state index in [0.717, 1.165) is 12.1 Å². The number of benzene rings is 1. The van der Waals surface area contributed by atoms with Crippen molar-refractivity contribution in [1.29, 1.82) is 0 Å². The zero-order valence-corrected chi connectivity index (χ0v) is 20.4. The van der Waals surface area contributed by atoms with Gasteiger partial charge in [0.25, 0.3) is 0 Å². The molecular weight excluding hydrogens is 497 g/mol. The molecule has 1 N–H and O–H groups in total. The van der Waals surface area contributed by atoms with E-state index in [-0.39, 0.29) is 24.3 Å². The van der Waals surface area contributed by atoms with Crippen LogP contribution in [0.2, 0.25) is 0 Å². The van der Waals surface area contributed by atoms with E-state index in [2.05, 4.69) is 16.2 Å². The number of aromatic nitrogens is 1. The first-order valence-corrected chi connectivity index (χ1v) is 12.8. The summed E-state index contributed by atoms with van der Waals surface area (Å²) in [5.74, 6) is 1.52. The number of amides is 1. The summed E-state index contributed by atoms with van der Waals surface area (Å²) in [6.07, 6.45) is 2.07. The smallest absolute Gasteiger partial charge is 0.417 e. The number of sulfone groups is 1. The fraction of sp³-hybridized carbons (Fsp3) is 0.440. The second kappa shape index (κ2) is 9.41. The standard InChI is InChI=1S/C25H25F3N2O5S/c1-4-24(9-10-24)30-23(31)18-12-17(13-20(18)34-2)36(32,33)21-7-5-15(11-19(21)25(26,27)28)16-6-8-22(35-3)29-14-16/h1,5-8,11,14,17-18,20H,9-10,12-13H2,2-3H3,(H,30,31). The first kappa shape index (κ1) is 26.0. The minimum Gasteiger partial charge on any atom is -0.481 e. The Morgan fingerprint density at radius 1 is 1.17 bits per heavy atom. The number of rotatable bonds is 7. The van der Waals surface area contributed by atoms with Gasteiger partial charge in [0.05, 0.1) is 34.8 Å². The van der Waals surface area contributed by atoms with Crippen molar-refractivity contribution in [1.82, 2.24) is 10.3 Å². The molecule has 2 fully saturated rings. The van der Waals surface area contributed by atoms with Crippen LogP contribution >= 0.6 is 0 Å². The lowest BCUT2D eigenvalue weighted by atomic mass is 10.0. The summed E-state index contributed by atoms with van der Waals surface area (Å²) in [5.41, 5.74) is -1.49. The van der Waals surface area contributed by atoms with E-state index in [1.54, 1.807) is 0 Å². The van der Waals surface area contributed by atoms with Gasteiger partial charge in [0, 0.05) is 24.9 Å². The molecule has 3 unspecified atom stereocenters. The number of ether oxygens (including phenoxy) is 2. The van der Waals surface area contributed by atoms with E-state index in [0.29, 0.717) is 18.4 Å². The molecule has 1 aromatic carbocycles. The molecule has 0 aliphatic heterocycles. The van der Waals surface area contributed by atoms with Crippen LogP contribution in [-0.4, -0.2) is 50.4 Å². The lowest BCUT2D eigenvalue weighted by Gasteiger charge is -2.20. The van der Waals surface area contributed by atoms with Crippen molar-refractivity contribution in [2.75, 3.05) is 14.2 Å². The Balaban J connectivity index is 1.65. The molecule has 1 aromatic heterocycles. The number of nitrogens with zero attached hydrogens (tertiary/aromatic N) is 1. The van der Waals surface area contributed by atoms with Gasteiger partial charge in [-0.25, -0.2) is 13.4 Å². The Morgan fingerprint density at radius 3 is 2.39 bits per heavy atom. The van der Waals surface area contributed by atoms with Crippen molar-refractivity contribution in [3.63, 3.8) is 0 Å². The number of halogens is 3. The van der Waals surface area contributed by atoms with Gasteiger partial charge in [-0.2, -0.15) is 13.2 Å². The van der Waals surface area contributed by atoms with E-state index in [1.165, 1.54) is 38.6 Å². The van der Waals surface area contributed by atoms with Crippen molar-refractivity contribution >= 4 is 15.7 Å². The minimum atomic E-state index is -4.93. The van der Waals surface area contributed by atoms with Gasteiger partial charge >= 0.3 is 6.18 Å². The van der Waals surface area contributed by atoms with Crippen LogP contribution < -0.4 is 10.1 Å². The van der Waals surface area contributed by atoms with E-state index >= 15 is 0 Å². The van der Waals surface area contributed by atoms with Crippen molar-refractivity contribution in [2.45, 2.75) is 53.6 Å². The van der Waals surface area contributed by atoms with Gasteiger partial charge in [0.1, 0.15) is 5.54 Å². The van der Waals surface area contributed by atoms with Crippen LogP contribution in [0.5, 0.6) is 5.88 Å². The van der Waals surface area contributed by atoms with Gasteiger partial charge in [-0.3, -0.25) is 4.79 Å². The first-order valence-electron chi connectivity index (χ1n) is 11.2. The minimum absolute atomic E-state index is 0.110. The van der Waals surface area contributed by atoms with Crippen molar-refractivity contribution in [2.24, 2.45) is 5.92 Å². The molecule has 2 aliphatic rings. The number of alkyl halides is 3. The molecule has 0 saturated heterocycles. The summed E-state index contributed by atoms with van der Waals surface area (Å²) in [5, 5.41) is 1.53. The fourth-order valence-corrected chi connectivity index (χ4v) is 6.54. The number of hydrogen-bond acceptors (Lipinski definition) is 6. The largest absolute Gasteiger partial charge is 0.481 e. The average molecular weight is 523 g/mol. The van der Waals surface area contributed by atoms with Gasteiger partial charge in [0.15, 0.2) is 9.84 Å². The zero-order valence-electron chi connectivity index (χ0n) is 19.6. The first-order chi connectivity index (χ1) is 16.9. The van der Waals surface area contributed by atoms with Crippen LogP contribution in [0.15, 0.2) is 41.4 Å². The van der Waals surface area contributed by atoms with Crippen LogP contribution in [0, 0.1) is 18.3 Å². The maximum Gasteiger partial charge on any atom is 0.417 e. The normalized spacial score (nSPS) is 23.1. The van der Waals surface area contributed by atoms with Crippen LogP contribution in [0.4, 0.5) is 13.2 Å². The number of terminal acetylenes is 1. The van der Waals surface area contributed by atoms with Crippen molar-refractivity contribution < 1.29 is 35.9 Å². The molecule has 0 bridgehead atoms. The lowest BCUT2D eigenvalue weighted by Crippen LogP contribution is -2.42. The predicted molar refractivity (Wildman–Crippen MR) is 125 cm³/mol. The predicted octanol–water partition coefficient (Wildman–Crippen LogP) is 3.63. The molecule has 7 nitrogen and oxygen atoms in total. The third-order valence-corrected chi connectivity index (χ3v) is 9.03. The Bertz CT molecular complexity index is 1300. The number of carbonyl (C=O) groups excluding carboxylic acids is 1. The highest BCUT2D eigenvalue weighted by molar-refractivity contribution is 7.92. The van der Waals surface area contributed by atoms with Crippen molar-refractivity contribution in [3.05, 3.63) is 42.1 Å². The van der Waals surface area contributed by atoms with Crippen molar-refractivity contribution in [3.8, 4) is 29.4 Å². The van der Waals surface area contributed by atoms with Crippen LogP contribution in [-0.2, 0) is 25.5 Å². The molecule has 3 atom stereocenters. The summed E-state index contributed by atoms with van der Waals surface area (Å²) in [6.45, 7) is 0. The SMILES string of the molecule is C#CC1(NC(=O)C2CC(S(=O)(=O)c3ccc(-c4ccc(OC)nc4)cc3C(F)(F)F)CC2OC)CC1. The van der Waals surface area contributed by atoms with E-state index in [9.17, 15) is 26.4 Å². The number of carbonyl (C=O) groups is 1. The maximum atomic E-state index is 14.1. The molecule has 192 valence electrons. The lowest BCUT2D eigenvalue weighted by molar-refractivity contribution is -0.139. The average Bonchev–Trinajstić information content (AvgIpc) is 3.48. The number of hydrogen-bond donors (Lipinski definition) is 1. The quantitative estimate of drug-likeness (QED) is 0.559. The second-order valence-corrected chi connectivity index (χ2v) is 11.2. The molecule has 1 heterocycles. The molecule has 0 radical (unpaired) electrons. The van der Waals surface area contributed by atoms with E-state index in [4.69, 9.17) is 15.9 Å². The number of nitrogens with one attached hydrogen (secondary N) is 1. The fourth-order valence-electron chi connectivity index (χ4n) is 4.53.